The fraction of sp³-hybridized carbons (Fsp3) is 0.909. The van der Waals surface area contributed by atoms with Gasteiger partial charge in [-0.3, -0.25) is 4.79 Å². The predicted octanol–water partition coefficient (Wildman–Crippen LogP) is 2.44. The summed E-state index contributed by atoms with van der Waals surface area (Å²) in [6.07, 6.45) is 5.56. The van der Waals surface area contributed by atoms with Crippen LogP contribution in [0.1, 0.15) is 46.0 Å². The van der Waals surface area contributed by atoms with Gasteiger partial charge in [0, 0.05) is 19.5 Å². The van der Waals surface area contributed by atoms with Gasteiger partial charge in [-0.05, 0) is 25.2 Å². The van der Waals surface area contributed by atoms with Gasteiger partial charge in [-0.1, -0.05) is 20.3 Å². The second-order valence-corrected chi connectivity index (χ2v) is 4.14. The molecule has 0 aromatic heterocycles. The van der Waals surface area contributed by atoms with Crippen molar-refractivity contribution in [3.05, 3.63) is 0 Å². The first-order valence-electron chi connectivity index (χ1n) is 5.51. The van der Waals surface area contributed by atoms with E-state index in [-0.39, 0.29) is 0 Å². The Hall–Kier alpha value is -0.530. The third-order valence-electron chi connectivity index (χ3n) is 2.99. The molecule has 2 heteroatoms. The highest BCUT2D eigenvalue weighted by Crippen LogP contribution is 2.13. The minimum Gasteiger partial charge on any atom is -0.343 e. The molecule has 1 rings (SSSR count). The fourth-order valence-corrected chi connectivity index (χ4v) is 1.78. The lowest BCUT2D eigenvalue weighted by Gasteiger charge is -2.16. The largest absolute Gasteiger partial charge is 0.343 e. The molecule has 76 valence electrons. The van der Waals surface area contributed by atoms with Crippen LogP contribution in [0.3, 0.4) is 0 Å². The van der Waals surface area contributed by atoms with Gasteiger partial charge < -0.3 is 4.90 Å². The van der Waals surface area contributed by atoms with Gasteiger partial charge in [0.05, 0.1) is 0 Å². The van der Waals surface area contributed by atoms with Crippen molar-refractivity contribution in [3.63, 3.8) is 0 Å². The highest BCUT2D eigenvalue weighted by atomic mass is 16.2. The summed E-state index contributed by atoms with van der Waals surface area (Å²) >= 11 is 0. The van der Waals surface area contributed by atoms with Crippen molar-refractivity contribution in [1.29, 1.82) is 0 Å². The molecule has 0 unspecified atom stereocenters. The molecule has 0 aliphatic carbocycles. The molecule has 0 aromatic carbocycles. The van der Waals surface area contributed by atoms with Crippen molar-refractivity contribution in [2.45, 2.75) is 46.0 Å². The van der Waals surface area contributed by atoms with E-state index in [1.807, 2.05) is 4.90 Å². The fourth-order valence-electron chi connectivity index (χ4n) is 1.78. The second kappa shape index (κ2) is 5.25. The van der Waals surface area contributed by atoms with Crippen molar-refractivity contribution in [3.8, 4) is 0 Å². The molecule has 1 fully saturated rings. The van der Waals surface area contributed by atoms with Crippen LogP contribution in [0, 0.1) is 5.92 Å². The first kappa shape index (κ1) is 10.6. The number of amides is 1. The first-order chi connectivity index (χ1) is 6.24. The number of carbonyl (C=O) groups is 1. The molecule has 0 aromatic rings. The molecule has 1 atom stereocenters. The normalized spacial score (nSPS) is 19.5. The summed E-state index contributed by atoms with van der Waals surface area (Å²) in [6, 6.07) is 0. The Morgan fingerprint density at radius 3 is 2.85 bits per heavy atom. The predicted molar refractivity (Wildman–Crippen MR) is 54.5 cm³/mol. The van der Waals surface area contributed by atoms with E-state index in [2.05, 4.69) is 13.8 Å². The van der Waals surface area contributed by atoms with Gasteiger partial charge >= 0.3 is 0 Å². The summed E-state index contributed by atoms with van der Waals surface area (Å²) in [5.74, 6) is 1.18. The Bertz CT molecular complexity index is 167. The molecule has 2 nitrogen and oxygen atoms in total. The van der Waals surface area contributed by atoms with Crippen LogP contribution in [-0.4, -0.2) is 23.9 Å². The maximum absolute atomic E-state index is 11.2. The van der Waals surface area contributed by atoms with E-state index in [1.165, 1.54) is 19.3 Å². The smallest absolute Gasteiger partial charge is 0.222 e. The number of likely N-dealkylation sites (tertiary alicyclic amines) is 1. The Morgan fingerprint density at radius 2 is 2.31 bits per heavy atom. The van der Waals surface area contributed by atoms with Crippen LogP contribution >= 0.6 is 0 Å². The van der Waals surface area contributed by atoms with Crippen molar-refractivity contribution < 1.29 is 4.79 Å². The van der Waals surface area contributed by atoms with Crippen molar-refractivity contribution in [2.24, 2.45) is 5.92 Å². The summed E-state index contributed by atoms with van der Waals surface area (Å²) in [7, 11) is 0. The average Bonchev–Trinajstić information content (AvgIpc) is 2.52. The standard InChI is InChI=1S/C11H21NO/c1-3-10(2)6-4-8-12-9-5-7-11(12)13/h10H,3-9H2,1-2H3/t10-/m1/s1. The summed E-state index contributed by atoms with van der Waals surface area (Å²) in [6.45, 7) is 6.50. The minimum atomic E-state index is 0.365. The zero-order valence-corrected chi connectivity index (χ0v) is 8.88. The maximum Gasteiger partial charge on any atom is 0.222 e. The number of hydrogen-bond donors (Lipinski definition) is 0. The first-order valence-corrected chi connectivity index (χ1v) is 5.51. The third-order valence-corrected chi connectivity index (χ3v) is 2.99. The highest BCUT2D eigenvalue weighted by molar-refractivity contribution is 5.77. The molecular formula is C11H21NO. The molecule has 0 saturated carbocycles. The van der Waals surface area contributed by atoms with Crippen LogP contribution in [-0.2, 0) is 4.79 Å². The van der Waals surface area contributed by atoms with Crippen molar-refractivity contribution in [2.75, 3.05) is 13.1 Å². The van der Waals surface area contributed by atoms with Crippen molar-refractivity contribution in [1.82, 2.24) is 4.90 Å². The van der Waals surface area contributed by atoms with Crippen LogP contribution in [0.15, 0.2) is 0 Å². The van der Waals surface area contributed by atoms with Gasteiger partial charge in [0.15, 0.2) is 0 Å². The van der Waals surface area contributed by atoms with E-state index in [0.717, 1.165) is 31.8 Å². The number of nitrogens with zero attached hydrogens (tertiary/aromatic N) is 1. The Balaban J connectivity index is 2.08. The van der Waals surface area contributed by atoms with E-state index in [0.29, 0.717) is 5.91 Å². The van der Waals surface area contributed by atoms with Crippen LogP contribution in [0.5, 0.6) is 0 Å². The Morgan fingerprint density at radius 1 is 1.54 bits per heavy atom. The van der Waals surface area contributed by atoms with Gasteiger partial charge in [0.25, 0.3) is 0 Å². The molecule has 1 amide bonds. The summed E-state index contributed by atoms with van der Waals surface area (Å²) in [5.41, 5.74) is 0. The quantitative estimate of drug-likeness (QED) is 0.641. The molecule has 1 saturated heterocycles. The molecule has 0 N–H and O–H groups in total. The topological polar surface area (TPSA) is 20.3 Å². The van der Waals surface area contributed by atoms with Crippen molar-refractivity contribution >= 4 is 5.91 Å². The summed E-state index contributed by atoms with van der Waals surface area (Å²) in [5, 5.41) is 0. The molecule has 1 heterocycles. The van der Waals surface area contributed by atoms with E-state index >= 15 is 0 Å². The zero-order chi connectivity index (χ0) is 9.68. The van der Waals surface area contributed by atoms with E-state index < -0.39 is 0 Å². The monoisotopic (exact) mass is 183 g/mol. The lowest BCUT2D eigenvalue weighted by Crippen LogP contribution is -2.25. The molecule has 0 bridgehead atoms. The molecule has 1 aliphatic heterocycles. The minimum absolute atomic E-state index is 0.365. The molecular weight excluding hydrogens is 162 g/mol. The lowest BCUT2D eigenvalue weighted by atomic mass is 10.0. The van der Waals surface area contributed by atoms with Gasteiger partial charge in [-0.25, -0.2) is 0 Å². The van der Waals surface area contributed by atoms with Crippen LogP contribution in [0.2, 0.25) is 0 Å². The SMILES string of the molecule is CC[C@@H](C)CCCN1CCCC1=O. The van der Waals surface area contributed by atoms with Gasteiger partial charge in [0.1, 0.15) is 0 Å². The molecule has 0 spiro atoms. The second-order valence-electron chi connectivity index (χ2n) is 4.14. The number of rotatable bonds is 5. The molecule has 13 heavy (non-hydrogen) atoms. The van der Waals surface area contributed by atoms with E-state index in [4.69, 9.17) is 0 Å². The number of carbonyl (C=O) groups excluding carboxylic acids is 1. The van der Waals surface area contributed by atoms with Gasteiger partial charge in [-0.2, -0.15) is 0 Å². The highest BCUT2D eigenvalue weighted by Gasteiger charge is 2.19. The number of hydrogen-bond acceptors (Lipinski definition) is 1. The van der Waals surface area contributed by atoms with Crippen LogP contribution in [0.4, 0.5) is 0 Å². The Kier molecular flexibility index (Phi) is 4.26. The molecule has 0 radical (unpaired) electrons. The maximum atomic E-state index is 11.2. The average molecular weight is 183 g/mol. The van der Waals surface area contributed by atoms with Crippen LogP contribution < -0.4 is 0 Å². The third kappa shape index (κ3) is 3.37. The molecule has 1 aliphatic rings. The van der Waals surface area contributed by atoms with Gasteiger partial charge in [-0.15, -0.1) is 0 Å². The van der Waals surface area contributed by atoms with Crippen LogP contribution in [0.25, 0.3) is 0 Å². The Labute approximate surface area is 81.3 Å². The lowest BCUT2D eigenvalue weighted by molar-refractivity contribution is -0.127. The van der Waals surface area contributed by atoms with E-state index in [1.54, 1.807) is 0 Å². The summed E-state index contributed by atoms with van der Waals surface area (Å²) in [4.78, 5) is 13.3. The van der Waals surface area contributed by atoms with E-state index in [9.17, 15) is 4.79 Å². The summed E-state index contributed by atoms with van der Waals surface area (Å²) < 4.78 is 0. The zero-order valence-electron chi connectivity index (χ0n) is 8.88. The van der Waals surface area contributed by atoms with Gasteiger partial charge in [0.2, 0.25) is 5.91 Å².